The highest BCUT2D eigenvalue weighted by atomic mass is 16.5. The summed E-state index contributed by atoms with van der Waals surface area (Å²) in [5.41, 5.74) is 9.08. The number of amides is 1. The Hall–Kier alpha value is -3.29. The van der Waals surface area contributed by atoms with E-state index in [1.165, 1.54) is 6.33 Å². The van der Waals surface area contributed by atoms with E-state index in [1.54, 1.807) is 12.4 Å². The SMILES string of the molecule is N[C@@H](Cc1ccccc1)C[C@H](O)[C@H](Cc1ccccc1)NC(=O)OCc1cncnc1. The van der Waals surface area contributed by atoms with Gasteiger partial charge in [0, 0.05) is 24.0 Å². The maximum atomic E-state index is 12.4. The number of nitrogens with one attached hydrogen (secondary N) is 1. The van der Waals surface area contributed by atoms with Crippen LogP contribution in [0, 0.1) is 0 Å². The van der Waals surface area contributed by atoms with Gasteiger partial charge in [-0.1, -0.05) is 60.7 Å². The Kier molecular flexibility index (Phi) is 8.51. The molecule has 1 amide bonds. The fraction of sp³-hybridized carbons (Fsp3) is 0.292. The molecule has 0 aliphatic rings. The molecule has 0 aliphatic heterocycles. The minimum Gasteiger partial charge on any atom is -0.445 e. The van der Waals surface area contributed by atoms with Gasteiger partial charge in [-0.2, -0.15) is 0 Å². The molecule has 31 heavy (non-hydrogen) atoms. The van der Waals surface area contributed by atoms with Crippen LogP contribution in [0.2, 0.25) is 0 Å². The second kappa shape index (κ2) is 11.8. The Bertz CT molecular complexity index is 910. The lowest BCUT2D eigenvalue weighted by Gasteiger charge is -2.26. The number of aromatic nitrogens is 2. The molecule has 0 saturated heterocycles. The van der Waals surface area contributed by atoms with E-state index < -0.39 is 18.2 Å². The maximum absolute atomic E-state index is 12.4. The van der Waals surface area contributed by atoms with Crippen molar-refractivity contribution in [3.8, 4) is 0 Å². The van der Waals surface area contributed by atoms with Crippen molar-refractivity contribution in [2.75, 3.05) is 0 Å². The summed E-state index contributed by atoms with van der Waals surface area (Å²) in [7, 11) is 0. The van der Waals surface area contributed by atoms with E-state index in [9.17, 15) is 9.90 Å². The summed E-state index contributed by atoms with van der Waals surface area (Å²) in [4.78, 5) is 20.2. The van der Waals surface area contributed by atoms with E-state index in [2.05, 4.69) is 15.3 Å². The first kappa shape index (κ1) is 22.4. The third-order valence-electron chi connectivity index (χ3n) is 4.94. The molecule has 3 aromatic rings. The van der Waals surface area contributed by atoms with E-state index in [0.29, 0.717) is 24.8 Å². The molecule has 0 aliphatic carbocycles. The van der Waals surface area contributed by atoms with E-state index in [1.807, 2.05) is 60.7 Å². The van der Waals surface area contributed by atoms with Crippen molar-refractivity contribution < 1.29 is 14.6 Å². The summed E-state index contributed by atoms with van der Waals surface area (Å²) in [6.45, 7) is 0.0499. The average molecular weight is 421 g/mol. The number of aliphatic hydroxyl groups excluding tert-OH is 1. The van der Waals surface area contributed by atoms with E-state index in [-0.39, 0.29) is 12.6 Å². The normalized spacial score (nSPS) is 13.7. The molecule has 2 aromatic carbocycles. The van der Waals surface area contributed by atoms with Crippen molar-refractivity contribution in [1.29, 1.82) is 0 Å². The molecule has 162 valence electrons. The van der Waals surface area contributed by atoms with Gasteiger partial charge in [-0.15, -0.1) is 0 Å². The minimum absolute atomic E-state index is 0.0499. The van der Waals surface area contributed by atoms with Gasteiger partial charge >= 0.3 is 6.09 Å². The average Bonchev–Trinajstić information content (AvgIpc) is 2.79. The van der Waals surface area contributed by atoms with E-state index in [4.69, 9.17) is 10.5 Å². The van der Waals surface area contributed by atoms with Gasteiger partial charge in [0.25, 0.3) is 0 Å². The van der Waals surface area contributed by atoms with Crippen LogP contribution in [0.25, 0.3) is 0 Å². The topological polar surface area (TPSA) is 110 Å². The van der Waals surface area contributed by atoms with Crippen molar-refractivity contribution in [3.05, 3.63) is 96.1 Å². The van der Waals surface area contributed by atoms with Crippen LogP contribution >= 0.6 is 0 Å². The van der Waals surface area contributed by atoms with Crippen LogP contribution in [0.5, 0.6) is 0 Å². The lowest BCUT2D eigenvalue weighted by Crippen LogP contribution is -2.47. The molecule has 7 nitrogen and oxygen atoms in total. The zero-order valence-corrected chi connectivity index (χ0v) is 17.3. The zero-order chi connectivity index (χ0) is 21.9. The predicted octanol–water partition coefficient (Wildman–Crippen LogP) is 2.64. The molecule has 3 rings (SSSR count). The van der Waals surface area contributed by atoms with Crippen LogP contribution in [0.1, 0.15) is 23.1 Å². The first-order valence-corrected chi connectivity index (χ1v) is 10.3. The van der Waals surface area contributed by atoms with Crippen LogP contribution in [-0.2, 0) is 24.2 Å². The summed E-state index contributed by atoms with van der Waals surface area (Å²) in [5, 5.41) is 13.7. The molecule has 1 aromatic heterocycles. The number of hydrogen-bond acceptors (Lipinski definition) is 6. The minimum atomic E-state index is -0.827. The third kappa shape index (κ3) is 7.81. The second-order valence-corrected chi connectivity index (χ2v) is 7.52. The first-order chi connectivity index (χ1) is 15.1. The standard InChI is InChI=1S/C24H28N4O3/c25-21(11-18-7-3-1-4-8-18)13-23(29)22(12-19-9-5-2-6-10-19)28-24(30)31-16-20-14-26-17-27-15-20/h1-10,14-15,17,21-23,29H,11-13,16,25H2,(H,28,30)/t21-,22-,23-/m0/s1. The van der Waals surface area contributed by atoms with Crippen molar-refractivity contribution in [3.63, 3.8) is 0 Å². The highest BCUT2D eigenvalue weighted by Crippen LogP contribution is 2.13. The number of aliphatic hydroxyl groups is 1. The number of nitrogens with zero attached hydrogens (tertiary/aromatic N) is 2. The number of hydrogen-bond donors (Lipinski definition) is 3. The zero-order valence-electron chi connectivity index (χ0n) is 17.3. The van der Waals surface area contributed by atoms with E-state index >= 15 is 0 Å². The molecule has 1 heterocycles. The number of alkyl carbamates (subject to hydrolysis) is 1. The molecule has 0 radical (unpaired) electrons. The Morgan fingerprint density at radius 2 is 1.52 bits per heavy atom. The van der Waals surface area contributed by atoms with Crippen LogP contribution in [-0.4, -0.2) is 39.4 Å². The Balaban J connectivity index is 1.59. The van der Waals surface area contributed by atoms with Crippen LogP contribution in [0.15, 0.2) is 79.4 Å². The quantitative estimate of drug-likeness (QED) is 0.465. The highest BCUT2D eigenvalue weighted by molar-refractivity contribution is 5.67. The summed E-state index contributed by atoms with van der Waals surface area (Å²) >= 11 is 0. The van der Waals surface area contributed by atoms with Crippen LogP contribution in [0.3, 0.4) is 0 Å². The summed E-state index contributed by atoms with van der Waals surface area (Å²) in [5.74, 6) is 0. The molecule has 0 bridgehead atoms. The summed E-state index contributed by atoms with van der Waals surface area (Å²) in [6.07, 6.45) is 4.59. The van der Waals surface area contributed by atoms with Gasteiger partial charge in [0.15, 0.2) is 0 Å². The Morgan fingerprint density at radius 1 is 0.935 bits per heavy atom. The molecule has 0 spiro atoms. The Morgan fingerprint density at radius 3 is 2.13 bits per heavy atom. The van der Waals surface area contributed by atoms with Gasteiger partial charge in [0.2, 0.25) is 0 Å². The molecule has 3 atom stereocenters. The number of benzene rings is 2. The van der Waals surface area contributed by atoms with E-state index in [0.717, 1.165) is 11.1 Å². The van der Waals surface area contributed by atoms with Gasteiger partial charge in [0.1, 0.15) is 12.9 Å². The van der Waals surface area contributed by atoms with Crippen molar-refractivity contribution >= 4 is 6.09 Å². The predicted molar refractivity (Wildman–Crippen MR) is 118 cm³/mol. The summed E-state index contributed by atoms with van der Waals surface area (Å²) in [6, 6.07) is 18.8. The fourth-order valence-corrected chi connectivity index (χ4v) is 3.37. The first-order valence-electron chi connectivity index (χ1n) is 10.3. The van der Waals surface area contributed by atoms with Gasteiger partial charge < -0.3 is 20.9 Å². The lowest BCUT2D eigenvalue weighted by molar-refractivity contribution is 0.0921. The second-order valence-electron chi connectivity index (χ2n) is 7.52. The number of carbonyl (C=O) groups is 1. The van der Waals surface area contributed by atoms with Crippen molar-refractivity contribution in [1.82, 2.24) is 15.3 Å². The van der Waals surface area contributed by atoms with Gasteiger partial charge in [-0.05, 0) is 30.4 Å². The molecular weight excluding hydrogens is 392 g/mol. The highest BCUT2D eigenvalue weighted by Gasteiger charge is 2.24. The monoisotopic (exact) mass is 420 g/mol. The molecule has 4 N–H and O–H groups in total. The fourth-order valence-electron chi connectivity index (χ4n) is 3.37. The van der Waals surface area contributed by atoms with Gasteiger partial charge in [-0.3, -0.25) is 0 Å². The number of rotatable bonds is 10. The van der Waals surface area contributed by atoms with Gasteiger partial charge in [0.05, 0.1) is 12.1 Å². The maximum Gasteiger partial charge on any atom is 0.407 e. The lowest BCUT2D eigenvalue weighted by atomic mass is 9.94. The van der Waals surface area contributed by atoms with Crippen LogP contribution < -0.4 is 11.1 Å². The van der Waals surface area contributed by atoms with Gasteiger partial charge in [-0.25, -0.2) is 14.8 Å². The molecular formula is C24H28N4O3. The Labute approximate surface area is 182 Å². The third-order valence-corrected chi connectivity index (χ3v) is 4.94. The molecule has 7 heteroatoms. The smallest absolute Gasteiger partial charge is 0.407 e. The number of ether oxygens (including phenoxy) is 1. The van der Waals surface area contributed by atoms with Crippen molar-refractivity contribution in [2.24, 2.45) is 5.73 Å². The largest absolute Gasteiger partial charge is 0.445 e. The summed E-state index contributed by atoms with van der Waals surface area (Å²) < 4.78 is 5.27. The number of carbonyl (C=O) groups excluding carboxylic acids is 1. The molecule has 0 fully saturated rings. The number of nitrogens with two attached hydrogens (primary N) is 1. The molecule has 0 saturated carbocycles. The molecule has 0 unspecified atom stereocenters. The van der Waals surface area contributed by atoms with Crippen LogP contribution in [0.4, 0.5) is 4.79 Å². The van der Waals surface area contributed by atoms with Crippen molar-refractivity contribution in [2.45, 2.75) is 44.1 Å².